The molecule has 3 rings (SSSR count). The summed E-state index contributed by atoms with van der Waals surface area (Å²) in [4.78, 5) is 36.9. The highest BCUT2D eigenvalue weighted by Crippen LogP contribution is 2.22. The Morgan fingerprint density at radius 3 is 2.23 bits per heavy atom. The Labute approximate surface area is 180 Å². The molecule has 0 radical (unpaired) electrons. The van der Waals surface area contributed by atoms with Gasteiger partial charge in [-0.05, 0) is 26.0 Å². The number of hydrogen-bond donors (Lipinski definition) is 2. The van der Waals surface area contributed by atoms with Crippen LogP contribution in [0.25, 0.3) is 5.69 Å². The van der Waals surface area contributed by atoms with Gasteiger partial charge in [-0.15, -0.1) is 0 Å². The third-order valence-electron chi connectivity index (χ3n) is 4.82. The molecule has 31 heavy (non-hydrogen) atoms. The summed E-state index contributed by atoms with van der Waals surface area (Å²) in [7, 11) is 1.39. The monoisotopic (exact) mass is 420 g/mol. The summed E-state index contributed by atoms with van der Waals surface area (Å²) < 4.78 is 7.27. The van der Waals surface area contributed by atoms with Crippen LogP contribution < -0.4 is 10.6 Å². The molecule has 0 aliphatic carbocycles. The Morgan fingerprint density at radius 1 is 1.00 bits per heavy atom. The summed E-state index contributed by atoms with van der Waals surface area (Å²) in [6, 6.07) is 17.5. The first-order valence-corrected chi connectivity index (χ1v) is 9.78. The molecule has 0 bridgehead atoms. The van der Waals surface area contributed by atoms with E-state index >= 15 is 0 Å². The van der Waals surface area contributed by atoms with Gasteiger partial charge < -0.3 is 10.1 Å². The molecule has 1 aromatic heterocycles. The molecular formula is C23H24N4O4. The van der Waals surface area contributed by atoms with Crippen molar-refractivity contribution in [1.29, 1.82) is 0 Å². The number of imide groups is 1. The predicted molar refractivity (Wildman–Crippen MR) is 115 cm³/mol. The standard InChI is InChI=1S/C23H24N4O4/c1-15-19(16(2)27(26-15)18-12-8-5-9-13-18)14-20(28)31-21(17-10-6-4-7-11-17)22(29)25-23(30)24-3/h4-13,21H,14H2,1-3H3,(H2,24,25,29,30)/t21-/m0/s1. The molecule has 1 heterocycles. The number of ether oxygens (including phenoxy) is 1. The van der Waals surface area contributed by atoms with Gasteiger partial charge in [0, 0.05) is 23.9 Å². The smallest absolute Gasteiger partial charge is 0.321 e. The third-order valence-corrected chi connectivity index (χ3v) is 4.82. The van der Waals surface area contributed by atoms with Crippen LogP contribution in [0.5, 0.6) is 0 Å². The van der Waals surface area contributed by atoms with E-state index in [-0.39, 0.29) is 6.42 Å². The van der Waals surface area contributed by atoms with E-state index < -0.39 is 24.0 Å². The average molecular weight is 420 g/mol. The van der Waals surface area contributed by atoms with Crippen molar-refractivity contribution in [2.24, 2.45) is 0 Å². The van der Waals surface area contributed by atoms with Crippen LogP contribution in [-0.2, 0) is 20.7 Å². The highest BCUT2D eigenvalue weighted by molar-refractivity contribution is 5.97. The van der Waals surface area contributed by atoms with Crippen molar-refractivity contribution in [3.8, 4) is 5.69 Å². The highest BCUT2D eigenvalue weighted by Gasteiger charge is 2.27. The minimum atomic E-state index is -1.25. The Morgan fingerprint density at radius 2 is 1.61 bits per heavy atom. The second kappa shape index (κ2) is 9.71. The first-order chi connectivity index (χ1) is 14.9. The summed E-state index contributed by atoms with van der Waals surface area (Å²) in [5.41, 5.74) is 3.59. The van der Waals surface area contributed by atoms with Crippen LogP contribution in [0, 0.1) is 13.8 Å². The molecule has 0 unspecified atom stereocenters. The molecule has 160 valence electrons. The van der Waals surface area contributed by atoms with Gasteiger partial charge in [0.05, 0.1) is 17.8 Å². The summed E-state index contributed by atoms with van der Waals surface area (Å²) in [6.07, 6.45) is -1.31. The molecular weight excluding hydrogens is 396 g/mol. The van der Waals surface area contributed by atoms with E-state index in [0.717, 1.165) is 16.9 Å². The molecule has 0 saturated carbocycles. The van der Waals surface area contributed by atoms with Crippen LogP contribution in [0.15, 0.2) is 60.7 Å². The average Bonchev–Trinajstić information content (AvgIpc) is 3.06. The van der Waals surface area contributed by atoms with Crippen LogP contribution in [-0.4, -0.2) is 34.7 Å². The number of nitrogens with zero attached hydrogens (tertiary/aromatic N) is 2. The van der Waals surface area contributed by atoms with Gasteiger partial charge >= 0.3 is 12.0 Å². The number of benzene rings is 2. The molecule has 0 saturated heterocycles. The zero-order valence-electron chi connectivity index (χ0n) is 17.6. The summed E-state index contributed by atoms with van der Waals surface area (Å²) in [5.74, 6) is -1.33. The number of rotatable bonds is 6. The van der Waals surface area contributed by atoms with Crippen LogP contribution in [0.4, 0.5) is 4.79 Å². The summed E-state index contributed by atoms with van der Waals surface area (Å²) in [5, 5.41) is 9.00. The molecule has 0 fully saturated rings. The number of amides is 3. The maximum atomic E-state index is 12.8. The third kappa shape index (κ3) is 5.16. The van der Waals surface area contributed by atoms with Gasteiger partial charge in [-0.1, -0.05) is 48.5 Å². The van der Waals surface area contributed by atoms with E-state index in [1.807, 2.05) is 44.2 Å². The lowest BCUT2D eigenvalue weighted by atomic mass is 10.1. The number of para-hydroxylation sites is 1. The number of urea groups is 1. The number of carbonyl (C=O) groups is 3. The van der Waals surface area contributed by atoms with Crippen molar-refractivity contribution in [2.45, 2.75) is 26.4 Å². The van der Waals surface area contributed by atoms with Gasteiger partial charge in [0.2, 0.25) is 6.10 Å². The number of carbonyl (C=O) groups excluding carboxylic acids is 3. The fraction of sp³-hybridized carbons (Fsp3) is 0.217. The molecule has 0 aliphatic heterocycles. The van der Waals surface area contributed by atoms with Gasteiger partial charge in [0.1, 0.15) is 0 Å². The van der Waals surface area contributed by atoms with Crippen LogP contribution in [0.2, 0.25) is 0 Å². The largest absolute Gasteiger partial charge is 0.447 e. The second-order valence-corrected chi connectivity index (χ2v) is 6.92. The first-order valence-electron chi connectivity index (χ1n) is 9.78. The molecule has 0 aliphatic rings. The van der Waals surface area contributed by atoms with Gasteiger partial charge in [0.25, 0.3) is 5.91 Å². The molecule has 8 nitrogen and oxygen atoms in total. The van der Waals surface area contributed by atoms with Crippen molar-refractivity contribution in [1.82, 2.24) is 20.4 Å². The van der Waals surface area contributed by atoms with Gasteiger partial charge in [-0.2, -0.15) is 5.10 Å². The summed E-state index contributed by atoms with van der Waals surface area (Å²) in [6.45, 7) is 3.70. The maximum Gasteiger partial charge on any atom is 0.321 e. The number of esters is 1. The molecule has 1 atom stereocenters. The van der Waals surface area contributed by atoms with E-state index in [1.165, 1.54) is 7.05 Å². The van der Waals surface area contributed by atoms with E-state index in [2.05, 4.69) is 15.7 Å². The van der Waals surface area contributed by atoms with Gasteiger partial charge in [0.15, 0.2) is 0 Å². The normalized spacial score (nSPS) is 11.5. The number of aryl methyl sites for hydroxylation is 1. The predicted octanol–water partition coefficient (Wildman–Crippen LogP) is 2.77. The topological polar surface area (TPSA) is 102 Å². The molecule has 0 spiro atoms. The maximum absolute atomic E-state index is 12.8. The van der Waals surface area contributed by atoms with Gasteiger partial charge in [-0.25, -0.2) is 9.48 Å². The fourth-order valence-corrected chi connectivity index (χ4v) is 3.21. The van der Waals surface area contributed by atoms with Crippen LogP contribution in [0.1, 0.15) is 28.6 Å². The van der Waals surface area contributed by atoms with Crippen LogP contribution in [0.3, 0.4) is 0 Å². The van der Waals surface area contributed by atoms with Gasteiger partial charge in [-0.3, -0.25) is 14.9 Å². The zero-order chi connectivity index (χ0) is 22.4. The lowest BCUT2D eigenvalue weighted by Gasteiger charge is -2.17. The number of hydrogen-bond acceptors (Lipinski definition) is 5. The van der Waals surface area contributed by atoms with Crippen molar-refractivity contribution >= 4 is 17.9 Å². The number of aromatic nitrogens is 2. The van der Waals surface area contributed by atoms with Crippen LogP contribution >= 0.6 is 0 Å². The van der Waals surface area contributed by atoms with Crippen molar-refractivity contribution in [3.05, 3.63) is 83.2 Å². The van der Waals surface area contributed by atoms with E-state index in [9.17, 15) is 14.4 Å². The summed E-state index contributed by atoms with van der Waals surface area (Å²) >= 11 is 0. The SMILES string of the molecule is CNC(=O)NC(=O)[C@@H](OC(=O)Cc1c(C)nn(-c2ccccc2)c1C)c1ccccc1. The van der Waals surface area contributed by atoms with E-state index in [0.29, 0.717) is 11.3 Å². The zero-order valence-corrected chi connectivity index (χ0v) is 17.6. The van der Waals surface area contributed by atoms with Crippen molar-refractivity contribution < 1.29 is 19.1 Å². The first kappa shape index (κ1) is 21.8. The minimum Gasteiger partial charge on any atom is -0.447 e. The lowest BCUT2D eigenvalue weighted by molar-refractivity contribution is -0.155. The fourth-order valence-electron chi connectivity index (χ4n) is 3.21. The molecule has 2 aromatic carbocycles. The Bertz CT molecular complexity index is 1080. The van der Waals surface area contributed by atoms with Crippen molar-refractivity contribution in [2.75, 3.05) is 7.05 Å². The highest BCUT2D eigenvalue weighted by atomic mass is 16.5. The van der Waals surface area contributed by atoms with E-state index in [1.54, 1.807) is 35.0 Å². The number of nitrogens with one attached hydrogen (secondary N) is 2. The van der Waals surface area contributed by atoms with Crippen molar-refractivity contribution in [3.63, 3.8) is 0 Å². The molecule has 3 amide bonds. The second-order valence-electron chi connectivity index (χ2n) is 6.92. The Balaban J connectivity index is 1.81. The molecule has 2 N–H and O–H groups in total. The molecule has 3 aromatic rings. The Hall–Kier alpha value is -3.94. The quantitative estimate of drug-likeness (QED) is 0.597. The minimum absolute atomic E-state index is 0.0545. The van der Waals surface area contributed by atoms with E-state index in [4.69, 9.17) is 4.74 Å². The Kier molecular flexibility index (Phi) is 6.81. The molecule has 8 heteroatoms. The lowest BCUT2D eigenvalue weighted by Crippen LogP contribution is -2.41.